The van der Waals surface area contributed by atoms with Gasteiger partial charge in [-0.2, -0.15) is 0 Å². The fraction of sp³-hybridized carbons (Fsp3) is 0.467. The number of likely N-dealkylation sites (N-methyl/N-ethyl adjacent to an activating group) is 1. The van der Waals surface area contributed by atoms with Crippen molar-refractivity contribution in [1.29, 1.82) is 0 Å². The second-order valence-electron chi connectivity index (χ2n) is 5.23. The minimum Gasteiger partial charge on any atom is -0.349 e. The highest BCUT2D eigenvalue weighted by atomic mass is 35.5. The van der Waals surface area contributed by atoms with Crippen molar-refractivity contribution < 1.29 is 14.5 Å². The third-order valence-corrected chi connectivity index (χ3v) is 3.15. The Kier molecular flexibility index (Phi) is 7.19. The number of quaternary nitrogens is 1. The molecule has 0 aliphatic carbocycles. The van der Waals surface area contributed by atoms with Crippen molar-refractivity contribution in [3.05, 3.63) is 29.3 Å². The summed E-state index contributed by atoms with van der Waals surface area (Å²) in [6.45, 7) is 7.04. The normalized spacial score (nSPS) is 12.0. The molecule has 0 aromatic heterocycles. The zero-order valence-electron chi connectivity index (χ0n) is 12.7. The number of nitrogens with one attached hydrogen (secondary N) is 3. The second kappa shape index (κ2) is 8.64. The SMILES string of the molecule is CC[NH+](CC(=O)Nc1ccc(Cl)cc1)CC(=O)NC(C)C. The predicted octanol–water partition coefficient (Wildman–Crippen LogP) is 0.708. The van der Waals surface area contributed by atoms with Gasteiger partial charge in [0, 0.05) is 16.8 Å². The lowest BCUT2D eigenvalue weighted by molar-refractivity contribution is -0.881. The van der Waals surface area contributed by atoms with Gasteiger partial charge in [0.2, 0.25) is 0 Å². The summed E-state index contributed by atoms with van der Waals surface area (Å²) in [5.41, 5.74) is 0.700. The summed E-state index contributed by atoms with van der Waals surface area (Å²) in [6, 6.07) is 7.04. The number of carbonyl (C=O) groups is 2. The fourth-order valence-corrected chi connectivity index (χ4v) is 2.00. The van der Waals surface area contributed by atoms with Crippen LogP contribution in [0.5, 0.6) is 0 Å². The molecule has 1 rings (SSSR count). The Bertz CT molecular complexity index is 474. The Labute approximate surface area is 130 Å². The van der Waals surface area contributed by atoms with Crippen molar-refractivity contribution in [2.45, 2.75) is 26.8 Å². The molecule has 1 unspecified atom stereocenters. The molecule has 5 nitrogen and oxygen atoms in total. The molecule has 0 saturated heterocycles. The molecule has 0 heterocycles. The summed E-state index contributed by atoms with van der Waals surface area (Å²) in [5.74, 6) is -0.160. The van der Waals surface area contributed by atoms with Gasteiger partial charge in [-0.1, -0.05) is 11.6 Å². The van der Waals surface area contributed by atoms with Crippen molar-refractivity contribution in [1.82, 2.24) is 5.32 Å². The van der Waals surface area contributed by atoms with Crippen molar-refractivity contribution in [3.63, 3.8) is 0 Å². The number of hydrogen-bond donors (Lipinski definition) is 3. The van der Waals surface area contributed by atoms with E-state index in [9.17, 15) is 9.59 Å². The number of rotatable bonds is 7. The van der Waals surface area contributed by atoms with E-state index in [-0.39, 0.29) is 24.4 Å². The van der Waals surface area contributed by atoms with E-state index in [0.717, 1.165) is 4.90 Å². The summed E-state index contributed by atoms with van der Waals surface area (Å²) in [5, 5.41) is 6.25. The second-order valence-corrected chi connectivity index (χ2v) is 5.67. The third-order valence-electron chi connectivity index (χ3n) is 2.90. The maximum atomic E-state index is 12.0. The smallest absolute Gasteiger partial charge is 0.279 e. The molecule has 0 saturated carbocycles. The summed E-state index contributed by atoms with van der Waals surface area (Å²) in [7, 11) is 0. The lowest BCUT2D eigenvalue weighted by Gasteiger charge is -2.17. The van der Waals surface area contributed by atoms with Crippen LogP contribution in [-0.4, -0.2) is 37.5 Å². The first-order valence-electron chi connectivity index (χ1n) is 7.09. The van der Waals surface area contributed by atoms with Gasteiger partial charge in [0.05, 0.1) is 6.54 Å². The summed E-state index contributed by atoms with van der Waals surface area (Å²) < 4.78 is 0. The van der Waals surface area contributed by atoms with E-state index in [2.05, 4.69) is 10.6 Å². The lowest BCUT2D eigenvalue weighted by atomic mass is 10.3. The number of amides is 2. The van der Waals surface area contributed by atoms with E-state index in [1.54, 1.807) is 24.3 Å². The van der Waals surface area contributed by atoms with Crippen LogP contribution in [0.1, 0.15) is 20.8 Å². The highest BCUT2D eigenvalue weighted by Gasteiger charge is 2.17. The minimum absolute atomic E-state index is 0.0406. The Hall–Kier alpha value is -1.59. The largest absolute Gasteiger partial charge is 0.349 e. The van der Waals surface area contributed by atoms with E-state index in [1.807, 2.05) is 20.8 Å². The molecule has 116 valence electrons. The van der Waals surface area contributed by atoms with Crippen LogP contribution in [0.2, 0.25) is 5.02 Å². The van der Waals surface area contributed by atoms with Crippen molar-refractivity contribution in [2.24, 2.45) is 0 Å². The molecule has 0 aliphatic rings. The zero-order chi connectivity index (χ0) is 15.8. The molecule has 1 aromatic carbocycles. The van der Waals surface area contributed by atoms with Gasteiger partial charge in [0.1, 0.15) is 0 Å². The lowest BCUT2D eigenvalue weighted by Crippen LogP contribution is -3.14. The Morgan fingerprint density at radius 2 is 1.71 bits per heavy atom. The zero-order valence-corrected chi connectivity index (χ0v) is 13.5. The number of hydrogen-bond acceptors (Lipinski definition) is 2. The molecule has 0 aliphatic heterocycles. The van der Waals surface area contributed by atoms with Gasteiger partial charge in [-0.3, -0.25) is 9.59 Å². The first kappa shape index (κ1) is 17.5. The van der Waals surface area contributed by atoms with Gasteiger partial charge in [0.25, 0.3) is 11.8 Å². The van der Waals surface area contributed by atoms with Gasteiger partial charge in [-0.25, -0.2) is 0 Å². The van der Waals surface area contributed by atoms with Crippen LogP contribution in [0, 0.1) is 0 Å². The van der Waals surface area contributed by atoms with E-state index >= 15 is 0 Å². The molecule has 6 heteroatoms. The van der Waals surface area contributed by atoms with E-state index < -0.39 is 0 Å². The summed E-state index contributed by atoms with van der Waals surface area (Å²) >= 11 is 5.79. The third kappa shape index (κ3) is 7.11. The van der Waals surface area contributed by atoms with E-state index in [4.69, 9.17) is 11.6 Å². The molecule has 1 atom stereocenters. The number of halogens is 1. The number of carbonyl (C=O) groups excluding carboxylic acids is 2. The van der Waals surface area contributed by atoms with Gasteiger partial charge < -0.3 is 15.5 Å². The maximum absolute atomic E-state index is 12.0. The highest BCUT2D eigenvalue weighted by Crippen LogP contribution is 2.12. The van der Waals surface area contributed by atoms with Crippen LogP contribution in [0.4, 0.5) is 5.69 Å². The fourth-order valence-electron chi connectivity index (χ4n) is 1.88. The molecule has 0 radical (unpaired) electrons. The van der Waals surface area contributed by atoms with Crippen molar-refractivity contribution in [2.75, 3.05) is 25.0 Å². The van der Waals surface area contributed by atoms with E-state index in [1.165, 1.54) is 0 Å². The van der Waals surface area contributed by atoms with Crippen molar-refractivity contribution >= 4 is 29.1 Å². The van der Waals surface area contributed by atoms with Crippen molar-refractivity contribution in [3.8, 4) is 0 Å². The monoisotopic (exact) mass is 312 g/mol. The molecule has 3 N–H and O–H groups in total. The minimum atomic E-state index is -0.119. The molecule has 1 aromatic rings. The molecule has 0 bridgehead atoms. The number of anilines is 1. The van der Waals surface area contributed by atoms with Crippen LogP contribution >= 0.6 is 11.6 Å². The Morgan fingerprint density at radius 3 is 2.24 bits per heavy atom. The van der Waals surface area contributed by atoms with Crippen LogP contribution in [0.15, 0.2) is 24.3 Å². The average Bonchev–Trinajstić information content (AvgIpc) is 2.39. The average molecular weight is 313 g/mol. The topological polar surface area (TPSA) is 62.6 Å². The van der Waals surface area contributed by atoms with Gasteiger partial charge in [-0.15, -0.1) is 0 Å². The first-order chi connectivity index (χ1) is 9.90. The van der Waals surface area contributed by atoms with E-state index in [0.29, 0.717) is 23.8 Å². The molecule has 2 amide bonds. The number of benzene rings is 1. The van der Waals surface area contributed by atoms with Crippen LogP contribution in [-0.2, 0) is 9.59 Å². The maximum Gasteiger partial charge on any atom is 0.279 e. The van der Waals surface area contributed by atoms with Crippen LogP contribution in [0.3, 0.4) is 0 Å². The van der Waals surface area contributed by atoms with Gasteiger partial charge in [-0.05, 0) is 45.0 Å². The summed E-state index contributed by atoms with van der Waals surface area (Å²) in [6.07, 6.45) is 0. The van der Waals surface area contributed by atoms with Crippen LogP contribution < -0.4 is 15.5 Å². The summed E-state index contributed by atoms with van der Waals surface area (Å²) in [4.78, 5) is 24.6. The highest BCUT2D eigenvalue weighted by molar-refractivity contribution is 6.30. The predicted molar refractivity (Wildman–Crippen MR) is 84.6 cm³/mol. The quantitative estimate of drug-likeness (QED) is 0.694. The molecule has 0 spiro atoms. The first-order valence-corrected chi connectivity index (χ1v) is 7.46. The molecular formula is C15H23ClN3O2+. The van der Waals surface area contributed by atoms with Gasteiger partial charge >= 0.3 is 0 Å². The molecule has 0 fully saturated rings. The van der Waals surface area contributed by atoms with Gasteiger partial charge in [0.15, 0.2) is 13.1 Å². The Balaban J connectivity index is 2.47. The standard InChI is InChI=1S/C15H22ClN3O2/c1-4-19(9-14(20)17-11(2)3)10-15(21)18-13-7-5-12(16)6-8-13/h5-8,11H,4,9-10H2,1-3H3,(H,17,20)(H,18,21)/p+1. The molecule has 21 heavy (non-hydrogen) atoms. The molecular weight excluding hydrogens is 290 g/mol. The Morgan fingerprint density at radius 1 is 1.14 bits per heavy atom. The van der Waals surface area contributed by atoms with Crippen LogP contribution in [0.25, 0.3) is 0 Å².